The van der Waals surface area contributed by atoms with Gasteiger partial charge in [-0.1, -0.05) is 0 Å². The van der Waals surface area contributed by atoms with E-state index in [1.54, 1.807) is 29.2 Å². The molecule has 1 aromatic rings. The van der Waals surface area contributed by atoms with E-state index in [0.29, 0.717) is 12.5 Å². The first kappa shape index (κ1) is 6.03. The summed E-state index contributed by atoms with van der Waals surface area (Å²) in [4.78, 5) is 3.81. The number of halogens is 1. The summed E-state index contributed by atoms with van der Waals surface area (Å²) in [5, 5.41) is 0. The van der Waals surface area contributed by atoms with Gasteiger partial charge in [-0.05, 0) is 0 Å². The number of nitrogens with zero attached hydrogens (tertiary/aromatic N) is 1. The zero-order chi connectivity index (χ0) is 5.82. The first-order chi connectivity index (χ1) is 3.93. The molecule has 4 heteroatoms. The molecule has 0 aliphatic rings. The van der Waals surface area contributed by atoms with E-state index >= 15 is 0 Å². The molecule has 0 amide bonds. The first-order valence-electron chi connectivity index (χ1n) is 2.05. The Morgan fingerprint density at radius 3 is 3.25 bits per heavy atom. The van der Waals surface area contributed by atoms with Crippen LogP contribution in [0.3, 0.4) is 0 Å². The third-order valence-corrected chi connectivity index (χ3v) is 0.973. The second-order valence-corrected chi connectivity index (χ2v) is 1.80. The average molecular weight is 225 g/mol. The average Bonchev–Trinajstić information content (AvgIpc) is 2.19. The number of oxazole rings is 1. The van der Waals surface area contributed by atoms with E-state index in [0.717, 1.165) is 0 Å². The van der Waals surface area contributed by atoms with E-state index in [9.17, 15) is 0 Å². The molecule has 0 spiro atoms. The second kappa shape index (κ2) is 3.03. The maximum Gasteiger partial charge on any atom is 0.221 e. The van der Waals surface area contributed by atoms with Gasteiger partial charge in [-0.2, -0.15) is 0 Å². The molecule has 0 aromatic carbocycles. The normalized spacial score (nSPS) is 9.62. The van der Waals surface area contributed by atoms with Gasteiger partial charge in [-0.25, -0.2) is 4.98 Å². The third-order valence-electron chi connectivity index (χ3n) is 0.661. The third kappa shape index (κ3) is 1.45. The van der Waals surface area contributed by atoms with Gasteiger partial charge >= 0.3 is 0 Å². The molecule has 1 rings (SSSR count). The number of hydrogen-bond acceptors (Lipinski definition) is 3. The lowest BCUT2D eigenvalue weighted by atomic mass is 10.7. The molecule has 0 fully saturated rings. The van der Waals surface area contributed by atoms with E-state index in [4.69, 9.17) is 7.48 Å². The van der Waals surface area contributed by atoms with Crippen LogP contribution in [0.4, 0.5) is 0 Å². The molecule has 0 unspecified atom stereocenters. The molecular formula is C4H4INO2. The minimum absolute atomic E-state index is 0.438. The fraction of sp³-hybridized carbons (Fsp3) is 0.250. The van der Waals surface area contributed by atoms with Gasteiger partial charge in [0.25, 0.3) is 0 Å². The van der Waals surface area contributed by atoms with E-state index in [-0.39, 0.29) is 0 Å². The van der Waals surface area contributed by atoms with Gasteiger partial charge in [-0.15, -0.1) is 0 Å². The Kier molecular flexibility index (Phi) is 2.28. The monoisotopic (exact) mass is 225 g/mol. The van der Waals surface area contributed by atoms with Gasteiger partial charge in [-0.3, -0.25) is 0 Å². The van der Waals surface area contributed by atoms with Crippen LogP contribution in [0.2, 0.25) is 0 Å². The van der Waals surface area contributed by atoms with Crippen LogP contribution in [0.15, 0.2) is 16.9 Å². The highest BCUT2D eigenvalue weighted by Gasteiger charge is 1.92. The van der Waals surface area contributed by atoms with Crippen molar-refractivity contribution >= 4 is 23.0 Å². The Bertz CT molecular complexity index is 140. The number of hydrogen-bond donors (Lipinski definition) is 0. The van der Waals surface area contributed by atoms with Crippen LogP contribution in [-0.2, 0) is 9.67 Å². The number of rotatable bonds is 2. The summed E-state index contributed by atoms with van der Waals surface area (Å²) in [6.07, 6.45) is 3.11. The van der Waals surface area contributed by atoms with Crippen molar-refractivity contribution in [1.82, 2.24) is 4.98 Å². The predicted octanol–water partition coefficient (Wildman–Crippen LogP) is 1.54. The molecule has 0 aliphatic heterocycles. The van der Waals surface area contributed by atoms with Crippen LogP contribution in [0.5, 0.6) is 0 Å². The van der Waals surface area contributed by atoms with Gasteiger partial charge in [0, 0.05) is 0 Å². The number of aromatic nitrogens is 1. The van der Waals surface area contributed by atoms with Crippen molar-refractivity contribution in [2.45, 2.75) is 6.61 Å². The summed E-state index contributed by atoms with van der Waals surface area (Å²) in [5.41, 5.74) is 0. The molecule has 1 heterocycles. The summed E-state index contributed by atoms with van der Waals surface area (Å²) in [7, 11) is 0. The standard InChI is InChI=1S/C4H4INO2/c5-8-3-4-6-1-2-7-4/h1-2H,3H2. The van der Waals surface area contributed by atoms with Gasteiger partial charge < -0.3 is 7.48 Å². The molecular weight excluding hydrogens is 221 g/mol. The molecule has 0 aliphatic carbocycles. The Hall–Kier alpha value is -0.100. The summed E-state index contributed by atoms with van der Waals surface area (Å²) < 4.78 is 9.53. The summed E-state index contributed by atoms with van der Waals surface area (Å²) in [6, 6.07) is 0. The molecule has 44 valence electrons. The minimum Gasteiger partial charge on any atom is -0.446 e. The van der Waals surface area contributed by atoms with Crippen LogP contribution in [0, 0.1) is 0 Å². The van der Waals surface area contributed by atoms with Crippen molar-refractivity contribution in [3.8, 4) is 0 Å². The largest absolute Gasteiger partial charge is 0.446 e. The smallest absolute Gasteiger partial charge is 0.221 e. The maximum absolute atomic E-state index is 4.83. The molecule has 0 bridgehead atoms. The zero-order valence-corrected chi connectivity index (χ0v) is 6.16. The van der Waals surface area contributed by atoms with Crippen molar-refractivity contribution in [3.05, 3.63) is 18.4 Å². The Labute approximate surface area is 60.7 Å². The fourth-order valence-corrected chi connectivity index (χ4v) is 0.637. The van der Waals surface area contributed by atoms with Crippen molar-refractivity contribution in [1.29, 1.82) is 0 Å². The highest BCUT2D eigenvalue weighted by Crippen LogP contribution is 1.98. The Balaban J connectivity index is 2.50. The van der Waals surface area contributed by atoms with Crippen molar-refractivity contribution in [3.63, 3.8) is 0 Å². The lowest BCUT2D eigenvalue weighted by molar-refractivity contribution is 0.341. The highest BCUT2D eigenvalue weighted by molar-refractivity contribution is 14.1. The van der Waals surface area contributed by atoms with E-state index in [1.807, 2.05) is 0 Å². The molecule has 1 aromatic heterocycles. The predicted molar refractivity (Wildman–Crippen MR) is 35.3 cm³/mol. The zero-order valence-electron chi connectivity index (χ0n) is 4.00. The fourth-order valence-electron chi connectivity index (χ4n) is 0.371. The summed E-state index contributed by atoms with van der Waals surface area (Å²) >= 11 is 1.79. The molecule has 0 radical (unpaired) electrons. The molecule has 0 N–H and O–H groups in total. The Morgan fingerprint density at radius 1 is 1.88 bits per heavy atom. The molecule has 3 nitrogen and oxygen atoms in total. The van der Waals surface area contributed by atoms with Gasteiger partial charge in [0.2, 0.25) is 5.89 Å². The van der Waals surface area contributed by atoms with Crippen LogP contribution < -0.4 is 0 Å². The van der Waals surface area contributed by atoms with Gasteiger partial charge in [0.15, 0.2) is 0 Å². The van der Waals surface area contributed by atoms with Crippen LogP contribution in [0.25, 0.3) is 0 Å². The van der Waals surface area contributed by atoms with Crippen LogP contribution in [-0.4, -0.2) is 4.98 Å². The quantitative estimate of drug-likeness (QED) is 0.716. The lowest BCUT2D eigenvalue weighted by Crippen LogP contribution is -1.80. The molecule has 0 atom stereocenters. The van der Waals surface area contributed by atoms with Crippen LogP contribution >= 0.6 is 23.0 Å². The SMILES string of the molecule is IOCc1ncco1. The lowest BCUT2D eigenvalue weighted by Gasteiger charge is -1.84. The minimum atomic E-state index is 0.438. The molecule has 8 heavy (non-hydrogen) atoms. The van der Waals surface area contributed by atoms with E-state index < -0.39 is 0 Å². The van der Waals surface area contributed by atoms with E-state index in [2.05, 4.69) is 4.98 Å². The van der Waals surface area contributed by atoms with Crippen molar-refractivity contribution < 1.29 is 7.48 Å². The topological polar surface area (TPSA) is 35.3 Å². The second-order valence-electron chi connectivity index (χ2n) is 1.18. The maximum atomic E-state index is 4.83. The highest BCUT2D eigenvalue weighted by atomic mass is 127. The van der Waals surface area contributed by atoms with E-state index in [1.165, 1.54) is 6.26 Å². The van der Waals surface area contributed by atoms with Gasteiger partial charge in [0.1, 0.15) is 35.9 Å². The first-order valence-corrected chi connectivity index (χ1v) is 2.93. The summed E-state index contributed by atoms with van der Waals surface area (Å²) in [5.74, 6) is 0.611. The molecule has 0 saturated carbocycles. The van der Waals surface area contributed by atoms with Crippen molar-refractivity contribution in [2.75, 3.05) is 0 Å². The molecule has 0 saturated heterocycles. The summed E-state index contributed by atoms with van der Waals surface area (Å²) in [6.45, 7) is 0.438. The van der Waals surface area contributed by atoms with Crippen molar-refractivity contribution in [2.24, 2.45) is 0 Å². The Morgan fingerprint density at radius 2 is 2.75 bits per heavy atom. The van der Waals surface area contributed by atoms with Crippen LogP contribution in [0.1, 0.15) is 5.89 Å². The van der Waals surface area contributed by atoms with Gasteiger partial charge in [0.05, 0.1) is 6.20 Å².